The Kier molecular flexibility index (Phi) is 3.75. The van der Waals surface area contributed by atoms with Crippen LogP contribution in [0.2, 0.25) is 0 Å². The zero-order valence-electron chi connectivity index (χ0n) is 11.8. The molecule has 0 radical (unpaired) electrons. The van der Waals surface area contributed by atoms with E-state index in [2.05, 4.69) is 9.97 Å². The quantitative estimate of drug-likeness (QED) is 0.902. The summed E-state index contributed by atoms with van der Waals surface area (Å²) in [5, 5.41) is 0. The molecule has 4 atom stereocenters. The lowest BCUT2D eigenvalue weighted by molar-refractivity contribution is -0.0602. The molecule has 0 spiro atoms. The number of fused-ring (bicyclic) bond motifs is 1. The van der Waals surface area contributed by atoms with E-state index in [0.29, 0.717) is 16.9 Å². The highest BCUT2D eigenvalue weighted by molar-refractivity contribution is 5.83. The maximum Gasteiger partial charge on any atom is 0.174 e. The van der Waals surface area contributed by atoms with E-state index in [1.807, 2.05) is 0 Å². The first kappa shape index (κ1) is 14.2. The Labute approximate surface area is 120 Å². The third-order valence-electron chi connectivity index (χ3n) is 3.64. The molecule has 2 aromatic rings. The van der Waals surface area contributed by atoms with Gasteiger partial charge in [-0.1, -0.05) is 0 Å². The Morgan fingerprint density at radius 2 is 2.24 bits per heavy atom. The normalized spacial score (nSPS) is 29.3. The van der Waals surface area contributed by atoms with Crippen LogP contribution < -0.4 is 5.73 Å². The Hall–Kier alpha value is -1.77. The number of alkyl halides is 1. The lowest BCUT2D eigenvalue weighted by Gasteiger charge is -2.16. The van der Waals surface area contributed by atoms with E-state index in [1.165, 1.54) is 25.1 Å². The highest BCUT2D eigenvalue weighted by atomic mass is 19.1. The van der Waals surface area contributed by atoms with Crippen LogP contribution in [0.25, 0.3) is 11.2 Å². The maximum atomic E-state index is 14.6. The van der Waals surface area contributed by atoms with Crippen LogP contribution in [-0.4, -0.2) is 53.7 Å². The molecule has 0 aromatic carbocycles. The van der Waals surface area contributed by atoms with E-state index in [4.69, 9.17) is 19.9 Å². The van der Waals surface area contributed by atoms with E-state index in [0.717, 1.165) is 0 Å². The summed E-state index contributed by atoms with van der Waals surface area (Å²) in [5.74, 6) is 0. The summed E-state index contributed by atoms with van der Waals surface area (Å²) in [5.41, 5.74) is 7.33. The molecule has 3 heterocycles. The number of hydrogen-bond donors (Lipinski definition) is 1. The molecule has 3 rings (SSSR count). The van der Waals surface area contributed by atoms with Crippen molar-refractivity contribution in [3.63, 3.8) is 0 Å². The van der Waals surface area contributed by atoms with Gasteiger partial charge in [0, 0.05) is 20.4 Å². The van der Waals surface area contributed by atoms with E-state index < -0.39 is 24.6 Å². The lowest BCUT2D eigenvalue weighted by atomic mass is 10.1. The van der Waals surface area contributed by atoms with Gasteiger partial charge < -0.3 is 19.9 Å². The SMILES string of the molecule is COC[C@H]1O[C@@H](n2cnc3c(N)ccnc32)C(F)C1OC. The Morgan fingerprint density at radius 3 is 2.95 bits per heavy atom. The van der Waals surface area contributed by atoms with Gasteiger partial charge in [0.15, 0.2) is 18.0 Å². The van der Waals surface area contributed by atoms with Crippen molar-refractivity contribution in [2.75, 3.05) is 26.6 Å². The van der Waals surface area contributed by atoms with Crippen LogP contribution in [0.4, 0.5) is 10.1 Å². The van der Waals surface area contributed by atoms with Crippen molar-refractivity contribution in [2.45, 2.75) is 24.6 Å². The zero-order valence-corrected chi connectivity index (χ0v) is 11.8. The van der Waals surface area contributed by atoms with Gasteiger partial charge in [0.05, 0.1) is 18.6 Å². The average molecular weight is 296 g/mol. The van der Waals surface area contributed by atoms with Gasteiger partial charge in [-0.15, -0.1) is 0 Å². The van der Waals surface area contributed by atoms with Gasteiger partial charge in [0.2, 0.25) is 0 Å². The topological polar surface area (TPSA) is 84.4 Å². The Morgan fingerprint density at radius 1 is 1.43 bits per heavy atom. The molecular weight excluding hydrogens is 279 g/mol. The molecule has 1 aliphatic rings. The molecule has 1 aliphatic heterocycles. The van der Waals surface area contributed by atoms with Crippen LogP contribution in [0.15, 0.2) is 18.6 Å². The third kappa shape index (κ3) is 2.25. The standard InChI is InChI=1S/C13H17FN4O3/c1-19-5-8-11(20-2)9(14)13(21-8)18-6-17-10-7(15)3-4-16-12(10)18/h3-4,6,8-9,11,13H,5H2,1-2H3,(H2,15,16)/t8-,9?,11?,13-/m1/s1. The molecule has 1 saturated heterocycles. The number of hydrogen-bond acceptors (Lipinski definition) is 6. The molecule has 0 amide bonds. The summed E-state index contributed by atoms with van der Waals surface area (Å²) < 4.78 is 32.1. The summed E-state index contributed by atoms with van der Waals surface area (Å²) in [6.45, 7) is 0.248. The molecule has 2 aromatic heterocycles. The van der Waals surface area contributed by atoms with Crippen LogP contribution in [0.3, 0.4) is 0 Å². The van der Waals surface area contributed by atoms with Crippen LogP contribution in [0.5, 0.6) is 0 Å². The van der Waals surface area contributed by atoms with Crippen LogP contribution in [0, 0.1) is 0 Å². The van der Waals surface area contributed by atoms with Crippen LogP contribution >= 0.6 is 0 Å². The van der Waals surface area contributed by atoms with Gasteiger partial charge in [-0.2, -0.15) is 0 Å². The van der Waals surface area contributed by atoms with Crippen molar-refractivity contribution in [1.29, 1.82) is 0 Å². The number of pyridine rings is 1. The molecule has 2 unspecified atom stereocenters. The Balaban J connectivity index is 1.97. The average Bonchev–Trinajstić information content (AvgIpc) is 3.02. The van der Waals surface area contributed by atoms with Gasteiger partial charge in [-0.3, -0.25) is 4.57 Å². The predicted octanol–water partition coefficient (Wildman–Crippen LogP) is 0.910. The van der Waals surface area contributed by atoms with Gasteiger partial charge >= 0.3 is 0 Å². The number of methoxy groups -OCH3 is 2. The fraction of sp³-hybridized carbons (Fsp3) is 0.538. The van der Waals surface area contributed by atoms with E-state index in [1.54, 1.807) is 12.3 Å². The number of ether oxygens (including phenoxy) is 3. The summed E-state index contributed by atoms with van der Waals surface area (Å²) in [6, 6.07) is 1.65. The molecule has 0 saturated carbocycles. The number of halogens is 1. The van der Waals surface area contributed by atoms with Crippen LogP contribution in [0.1, 0.15) is 6.23 Å². The number of rotatable bonds is 4. The summed E-state index contributed by atoms with van der Waals surface area (Å²) in [7, 11) is 2.99. The molecule has 0 bridgehead atoms. The molecule has 8 heteroatoms. The molecule has 21 heavy (non-hydrogen) atoms. The number of nitrogens with two attached hydrogens (primary N) is 1. The maximum absolute atomic E-state index is 14.6. The molecule has 7 nitrogen and oxygen atoms in total. The summed E-state index contributed by atoms with van der Waals surface area (Å²) in [4.78, 5) is 8.38. The van der Waals surface area contributed by atoms with E-state index >= 15 is 0 Å². The van der Waals surface area contributed by atoms with Crippen molar-refractivity contribution in [1.82, 2.24) is 14.5 Å². The van der Waals surface area contributed by atoms with Crippen molar-refractivity contribution in [2.24, 2.45) is 0 Å². The second-order valence-corrected chi connectivity index (χ2v) is 4.89. The number of nitrogens with zero attached hydrogens (tertiary/aromatic N) is 3. The minimum atomic E-state index is -1.35. The third-order valence-corrected chi connectivity index (χ3v) is 3.64. The fourth-order valence-electron chi connectivity index (χ4n) is 2.64. The second kappa shape index (κ2) is 5.55. The number of aromatic nitrogens is 3. The largest absolute Gasteiger partial charge is 0.397 e. The molecule has 2 N–H and O–H groups in total. The highest BCUT2D eigenvalue weighted by Gasteiger charge is 2.46. The van der Waals surface area contributed by atoms with Crippen LogP contribution in [-0.2, 0) is 14.2 Å². The van der Waals surface area contributed by atoms with Gasteiger partial charge in [-0.25, -0.2) is 14.4 Å². The van der Waals surface area contributed by atoms with Gasteiger partial charge in [-0.05, 0) is 6.07 Å². The first-order valence-corrected chi connectivity index (χ1v) is 6.55. The van der Waals surface area contributed by atoms with Gasteiger partial charge in [0.1, 0.15) is 17.7 Å². The minimum absolute atomic E-state index is 0.248. The number of anilines is 1. The van der Waals surface area contributed by atoms with Crippen molar-refractivity contribution in [3.8, 4) is 0 Å². The summed E-state index contributed by atoms with van der Waals surface area (Å²) in [6.07, 6.45) is -0.372. The first-order chi connectivity index (χ1) is 10.2. The fourth-order valence-corrected chi connectivity index (χ4v) is 2.64. The summed E-state index contributed by atoms with van der Waals surface area (Å²) >= 11 is 0. The molecule has 1 fully saturated rings. The number of nitrogen functional groups attached to an aromatic ring is 1. The van der Waals surface area contributed by atoms with Gasteiger partial charge in [0.25, 0.3) is 0 Å². The molecule has 114 valence electrons. The zero-order chi connectivity index (χ0) is 15.0. The molecular formula is C13H17FN4O3. The van der Waals surface area contributed by atoms with Crippen molar-refractivity contribution in [3.05, 3.63) is 18.6 Å². The van der Waals surface area contributed by atoms with Crippen molar-refractivity contribution >= 4 is 16.9 Å². The first-order valence-electron chi connectivity index (χ1n) is 6.55. The minimum Gasteiger partial charge on any atom is -0.397 e. The monoisotopic (exact) mass is 296 g/mol. The van der Waals surface area contributed by atoms with E-state index in [-0.39, 0.29) is 6.61 Å². The second-order valence-electron chi connectivity index (χ2n) is 4.89. The van der Waals surface area contributed by atoms with E-state index in [9.17, 15) is 4.39 Å². The number of imidazole rings is 1. The lowest BCUT2D eigenvalue weighted by Crippen LogP contribution is -2.33. The predicted molar refractivity (Wildman–Crippen MR) is 73.4 cm³/mol. The molecule has 0 aliphatic carbocycles. The van der Waals surface area contributed by atoms with Crippen molar-refractivity contribution < 1.29 is 18.6 Å². The highest BCUT2D eigenvalue weighted by Crippen LogP contribution is 2.35. The smallest absolute Gasteiger partial charge is 0.174 e. The Bertz CT molecular complexity index is 635.